The van der Waals surface area contributed by atoms with Crippen LogP contribution in [0.1, 0.15) is 93.0 Å². The van der Waals surface area contributed by atoms with E-state index in [1.165, 1.54) is 43.4 Å². The number of anilines is 1. The zero-order valence-electron chi connectivity index (χ0n) is 23.7. The molecule has 4 saturated carbocycles. The van der Waals surface area contributed by atoms with E-state index >= 15 is 0 Å². The molecule has 4 aliphatic carbocycles. The first-order valence-electron chi connectivity index (χ1n) is 15.6. The first-order chi connectivity index (χ1) is 19.9. The highest BCUT2D eigenvalue weighted by atomic mass is 16.2. The minimum Gasteiger partial charge on any atom is -0.352 e. The predicted molar refractivity (Wildman–Crippen MR) is 156 cm³/mol. The molecule has 8 rings (SSSR count). The molecule has 0 spiro atoms. The summed E-state index contributed by atoms with van der Waals surface area (Å²) in [6.07, 6.45) is 12.6. The van der Waals surface area contributed by atoms with Gasteiger partial charge in [-0.1, -0.05) is 24.6 Å². The second kappa shape index (κ2) is 10.5. The minimum absolute atomic E-state index is 0.0449. The molecule has 0 radical (unpaired) electrons. The van der Waals surface area contributed by atoms with E-state index in [2.05, 4.69) is 16.0 Å². The fourth-order valence-electron chi connectivity index (χ4n) is 9.01. The van der Waals surface area contributed by atoms with Gasteiger partial charge in [0.2, 0.25) is 17.7 Å². The third kappa shape index (κ3) is 4.94. The summed E-state index contributed by atoms with van der Waals surface area (Å²) in [7, 11) is 0. The van der Waals surface area contributed by atoms with Crippen molar-refractivity contribution >= 4 is 40.1 Å². The van der Waals surface area contributed by atoms with Crippen molar-refractivity contribution in [3.05, 3.63) is 41.5 Å². The second-order valence-corrected chi connectivity index (χ2v) is 13.3. The first-order valence-corrected chi connectivity index (χ1v) is 15.6. The maximum atomic E-state index is 13.3. The molecule has 2 aliphatic heterocycles. The summed E-state index contributed by atoms with van der Waals surface area (Å²) >= 11 is 0. The van der Waals surface area contributed by atoms with E-state index in [0.29, 0.717) is 36.2 Å². The molecule has 4 bridgehead atoms. The van der Waals surface area contributed by atoms with Gasteiger partial charge >= 0.3 is 0 Å². The zero-order chi connectivity index (χ0) is 28.1. The van der Waals surface area contributed by atoms with Gasteiger partial charge in [0.25, 0.3) is 5.91 Å². The number of unbranched alkanes of at least 4 members (excludes halogenated alkanes) is 2. The van der Waals surface area contributed by atoms with Gasteiger partial charge in [0, 0.05) is 35.9 Å². The van der Waals surface area contributed by atoms with Crippen molar-refractivity contribution in [2.75, 3.05) is 11.4 Å². The Hall–Kier alpha value is -3.26. The van der Waals surface area contributed by atoms with Crippen molar-refractivity contribution in [3.63, 3.8) is 0 Å². The van der Waals surface area contributed by atoms with Crippen LogP contribution in [0.4, 0.5) is 5.69 Å². The molecule has 5 fully saturated rings. The van der Waals surface area contributed by atoms with E-state index in [4.69, 9.17) is 0 Å². The molecule has 0 aromatic heterocycles. The molecular formula is C33H40N4O4. The molecule has 8 nitrogen and oxygen atoms in total. The van der Waals surface area contributed by atoms with Crippen LogP contribution in [0, 0.1) is 17.8 Å². The Kier molecular flexibility index (Phi) is 6.84. The molecule has 8 heteroatoms. The van der Waals surface area contributed by atoms with Gasteiger partial charge in [-0.2, -0.15) is 0 Å². The number of nitrogens with zero attached hydrogens (tertiary/aromatic N) is 1. The van der Waals surface area contributed by atoms with Gasteiger partial charge in [-0.25, -0.2) is 0 Å². The lowest BCUT2D eigenvalue weighted by Crippen LogP contribution is -2.58. The molecule has 1 saturated heterocycles. The van der Waals surface area contributed by atoms with Gasteiger partial charge in [-0.05, 0) is 105 Å². The highest BCUT2D eigenvalue weighted by Gasteiger charge is 2.50. The van der Waals surface area contributed by atoms with Gasteiger partial charge < -0.3 is 10.6 Å². The van der Waals surface area contributed by atoms with Gasteiger partial charge in [0.05, 0.1) is 5.69 Å². The number of amides is 4. The fourth-order valence-corrected chi connectivity index (χ4v) is 9.01. The normalized spacial score (nSPS) is 29.9. The van der Waals surface area contributed by atoms with E-state index in [1.807, 2.05) is 24.3 Å². The number of benzene rings is 2. The smallest absolute Gasteiger partial charge is 0.259 e. The Morgan fingerprint density at radius 2 is 1.71 bits per heavy atom. The fraction of sp³-hybridized carbons (Fsp3) is 0.576. The molecule has 6 aliphatic rings. The van der Waals surface area contributed by atoms with Crippen molar-refractivity contribution in [3.8, 4) is 0 Å². The molecule has 1 unspecified atom stereocenters. The summed E-state index contributed by atoms with van der Waals surface area (Å²) in [6.45, 7) is 1.45. The Balaban J connectivity index is 0.909. The van der Waals surface area contributed by atoms with E-state index in [0.717, 1.165) is 59.9 Å². The van der Waals surface area contributed by atoms with Crippen LogP contribution in [0.15, 0.2) is 30.3 Å². The standard InChI is InChI=1S/C33H40N4O4/c38-28(7-2-1-3-12-35-33-16-20-13-21(17-33)15-22(14-20)18-33)34-19-23-8-9-26-30-24(23)5-4-6-25(30)32(41)37(26)27-10-11-29(39)36-31(27)40/h4-6,8-9,20-22,27,35H,1-3,7,10-19H2,(H,34,38)(H,36,39,40). The van der Waals surface area contributed by atoms with Gasteiger partial charge in [0.1, 0.15) is 6.04 Å². The van der Waals surface area contributed by atoms with Crippen molar-refractivity contribution in [2.45, 2.75) is 95.2 Å². The molecular weight excluding hydrogens is 516 g/mol. The van der Waals surface area contributed by atoms with E-state index in [9.17, 15) is 19.2 Å². The van der Waals surface area contributed by atoms with Gasteiger partial charge in [-0.15, -0.1) is 0 Å². The van der Waals surface area contributed by atoms with Crippen LogP contribution in [-0.4, -0.2) is 41.8 Å². The van der Waals surface area contributed by atoms with Crippen LogP contribution in [0.3, 0.4) is 0 Å². The maximum absolute atomic E-state index is 13.3. The van der Waals surface area contributed by atoms with Crippen LogP contribution in [0.5, 0.6) is 0 Å². The molecule has 216 valence electrons. The topological polar surface area (TPSA) is 108 Å². The zero-order valence-corrected chi connectivity index (χ0v) is 23.7. The Morgan fingerprint density at radius 3 is 2.44 bits per heavy atom. The number of nitrogens with one attached hydrogen (secondary N) is 3. The molecule has 2 aromatic carbocycles. The van der Waals surface area contributed by atoms with Crippen molar-refractivity contribution in [1.82, 2.24) is 16.0 Å². The molecule has 1 atom stereocenters. The summed E-state index contributed by atoms with van der Waals surface area (Å²) in [5.74, 6) is 1.96. The van der Waals surface area contributed by atoms with Crippen molar-refractivity contribution < 1.29 is 19.2 Å². The maximum Gasteiger partial charge on any atom is 0.259 e. The number of piperidine rings is 1. The predicted octanol–water partition coefficient (Wildman–Crippen LogP) is 4.34. The lowest BCUT2D eigenvalue weighted by Gasteiger charge is -2.57. The quantitative estimate of drug-likeness (QED) is 0.298. The monoisotopic (exact) mass is 556 g/mol. The first kappa shape index (κ1) is 26.6. The van der Waals surface area contributed by atoms with Gasteiger partial charge in [0.15, 0.2) is 0 Å². The van der Waals surface area contributed by atoms with Crippen LogP contribution >= 0.6 is 0 Å². The third-order valence-electron chi connectivity index (χ3n) is 10.4. The van der Waals surface area contributed by atoms with Crippen molar-refractivity contribution in [1.29, 1.82) is 0 Å². The lowest BCUT2D eigenvalue weighted by molar-refractivity contribution is -0.134. The Bertz CT molecular complexity index is 1380. The largest absolute Gasteiger partial charge is 0.352 e. The molecule has 2 aromatic rings. The molecule has 2 heterocycles. The summed E-state index contributed by atoms with van der Waals surface area (Å²) in [5.41, 5.74) is 2.59. The summed E-state index contributed by atoms with van der Waals surface area (Å²) in [5, 5.41) is 11.1. The van der Waals surface area contributed by atoms with Crippen LogP contribution in [-0.2, 0) is 20.9 Å². The summed E-state index contributed by atoms with van der Waals surface area (Å²) < 4.78 is 0. The summed E-state index contributed by atoms with van der Waals surface area (Å²) in [4.78, 5) is 51.7. The average Bonchev–Trinajstić information content (AvgIpc) is 3.22. The average molecular weight is 557 g/mol. The number of hydrogen-bond acceptors (Lipinski definition) is 5. The number of carbonyl (C=O) groups excluding carboxylic acids is 4. The van der Waals surface area contributed by atoms with Crippen LogP contribution in [0.2, 0.25) is 0 Å². The number of rotatable bonds is 10. The Morgan fingerprint density at radius 1 is 0.951 bits per heavy atom. The second-order valence-electron chi connectivity index (χ2n) is 13.3. The Labute approximate surface area is 241 Å². The molecule has 41 heavy (non-hydrogen) atoms. The number of hydrogen-bond donors (Lipinski definition) is 3. The van der Waals surface area contributed by atoms with Crippen LogP contribution in [0.25, 0.3) is 10.8 Å². The lowest BCUT2D eigenvalue weighted by atomic mass is 9.53. The van der Waals surface area contributed by atoms with E-state index in [-0.39, 0.29) is 24.1 Å². The highest BCUT2D eigenvalue weighted by molar-refractivity contribution is 6.27. The van der Waals surface area contributed by atoms with Crippen LogP contribution < -0.4 is 20.9 Å². The summed E-state index contributed by atoms with van der Waals surface area (Å²) in [6, 6.07) is 8.66. The molecule has 3 N–H and O–H groups in total. The number of carbonyl (C=O) groups is 4. The van der Waals surface area contributed by atoms with E-state index in [1.54, 1.807) is 6.07 Å². The van der Waals surface area contributed by atoms with E-state index < -0.39 is 11.9 Å². The highest BCUT2D eigenvalue weighted by Crippen LogP contribution is 2.55. The SMILES string of the molecule is O=C(CCCCCNC12CC3CC(CC(C3)C1)C2)NCc1ccc2c3c(cccc13)C(=O)N2C1CCC(=O)NC1=O. The number of imide groups is 1. The van der Waals surface area contributed by atoms with Crippen molar-refractivity contribution in [2.24, 2.45) is 17.8 Å². The molecule has 4 amide bonds. The van der Waals surface area contributed by atoms with Gasteiger partial charge in [-0.3, -0.25) is 29.4 Å². The third-order valence-corrected chi connectivity index (χ3v) is 10.4. The minimum atomic E-state index is -0.705.